The third-order valence-corrected chi connectivity index (χ3v) is 2.75. The Balaban J connectivity index is 3.03. The van der Waals surface area contributed by atoms with Crippen LogP contribution in [0.15, 0.2) is 18.2 Å². The normalized spacial score (nSPS) is 12.0. The summed E-state index contributed by atoms with van der Waals surface area (Å²) in [6.07, 6.45) is 0.615. The summed E-state index contributed by atoms with van der Waals surface area (Å²) in [5.41, 5.74) is 0.531. The van der Waals surface area contributed by atoms with Gasteiger partial charge in [0.1, 0.15) is 0 Å². The number of rotatable bonds is 6. The smallest absolute Gasteiger partial charge is 0.168 e. The highest BCUT2D eigenvalue weighted by atomic mass is 16.5. The molecule has 1 aromatic rings. The first kappa shape index (κ1) is 13.5. The third kappa shape index (κ3) is 2.97. The zero-order valence-electron chi connectivity index (χ0n) is 10.4. The van der Waals surface area contributed by atoms with E-state index in [-0.39, 0.29) is 18.3 Å². The van der Waals surface area contributed by atoms with Gasteiger partial charge in [0.15, 0.2) is 17.3 Å². The van der Waals surface area contributed by atoms with Crippen molar-refractivity contribution in [3.8, 4) is 11.5 Å². The van der Waals surface area contributed by atoms with Crippen LogP contribution >= 0.6 is 0 Å². The summed E-state index contributed by atoms with van der Waals surface area (Å²) in [5.74, 6) is 0.677. The number of benzene rings is 1. The van der Waals surface area contributed by atoms with E-state index in [0.717, 1.165) is 0 Å². The van der Waals surface area contributed by atoms with Crippen LogP contribution in [-0.2, 0) is 0 Å². The highest BCUT2D eigenvalue weighted by molar-refractivity contribution is 5.98. The Morgan fingerprint density at radius 1 is 1.29 bits per heavy atom. The molecule has 0 aromatic heterocycles. The van der Waals surface area contributed by atoms with Crippen molar-refractivity contribution in [3.63, 3.8) is 0 Å². The fraction of sp³-hybridized carbons (Fsp3) is 0.462. The molecule has 17 heavy (non-hydrogen) atoms. The maximum atomic E-state index is 12.0. The van der Waals surface area contributed by atoms with Crippen molar-refractivity contribution >= 4 is 5.78 Å². The number of ether oxygens (including phenoxy) is 2. The molecule has 4 nitrogen and oxygen atoms in total. The van der Waals surface area contributed by atoms with E-state index in [1.165, 1.54) is 7.11 Å². The molecule has 1 aromatic carbocycles. The van der Waals surface area contributed by atoms with Crippen molar-refractivity contribution in [1.29, 1.82) is 0 Å². The lowest BCUT2D eigenvalue weighted by Gasteiger charge is -2.12. The first-order chi connectivity index (χ1) is 8.17. The van der Waals surface area contributed by atoms with E-state index < -0.39 is 0 Å². The molecular formula is C13H18O4. The molecule has 0 spiro atoms. The Morgan fingerprint density at radius 3 is 2.41 bits per heavy atom. The van der Waals surface area contributed by atoms with Crippen LogP contribution in [0.5, 0.6) is 11.5 Å². The summed E-state index contributed by atoms with van der Waals surface area (Å²) in [6.45, 7) is 1.74. The summed E-state index contributed by atoms with van der Waals surface area (Å²) in [4.78, 5) is 12.0. The number of methoxy groups -OCH3 is 2. The second-order valence-electron chi connectivity index (χ2n) is 3.72. The summed E-state index contributed by atoms with van der Waals surface area (Å²) in [7, 11) is 3.07. The van der Waals surface area contributed by atoms with Crippen LogP contribution in [0.25, 0.3) is 0 Å². The lowest BCUT2D eigenvalue weighted by atomic mass is 9.96. The minimum Gasteiger partial charge on any atom is -0.493 e. The van der Waals surface area contributed by atoms with E-state index in [9.17, 15) is 4.79 Å². The summed E-state index contributed by atoms with van der Waals surface area (Å²) < 4.78 is 10.2. The van der Waals surface area contributed by atoms with Gasteiger partial charge in [0, 0.05) is 11.5 Å². The molecule has 0 saturated heterocycles. The molecule has 4 heteroatoms. The molecule has 0 saturated carbocycles. The van der Waals surface area contributed by atoms with Crippen LogP contribution in [-0.4, -0.2) is 31.7 Å². The number of hydrogen-bond acceptors (Lipinski definition) is 4. The van der Waals surface area contributed by atoms with Crippen LogP contribution < -0.4 is 9.47 Å². The SMILES string of the molecule is CCC(CO)C(=O)c1ccc(OC)c(OC)c1. The number of Topliss-reactive ketones (excluding diaryl/α,β-unsaturated/α-hetero) is 1. The van der Waals surface area contributed by atoms with Crippen LogP contribution in [0.4, 0.5) is 0 Å². The molecule has 1 N–H and O–H groups in total. The van der Waals surface area contributed by atoms with Crippen molar-refractivity contribution in [2.75, 3.05) is 20.8 Å². The molecule has 0 radical (unpaired) electrons. The number of aliphatic hydroxyl groups excluding tert-OH is 1. The Morgan fingerprint density at radius 2 is 1.94 bits per heavy atom. The lowest BCUT2D eigenvalue weighted by molar-refractivity contribution is 0.0856. The fourth-order valence-corrected chi connectivity index (χ4v) is 1.62. The monoisotopic (exact) mass is 238 g/mol. The lowest BCUT2D eigenvalue weighted by Crippen LogP contribution is -2.17. The van der Waals surface area contributed by atoms with Gasteiger partial charge in [0.05, 0.1) is 20.8 Å². The van der Waals surface area contributed by atoms with Gasteiger partial charge in [-0.3, -0.25) is 4.79 Å². The van der Waals surface area contributed by atoms with Crippen molar-refractivity contribution in [2.45, 2.75) is 13.3 Å². The Bertz CT molecular complexity index is 383. The van der Waals surface area contributed by atoms with Gasteiger partial charge in [0.25, 0.3) is 0 Å². The summed E-state index contributed by atoms with van der Waals surface area (Å²) in [5, 5.41) is 9.11. The van der Waals surface area contributed by atoms with Gasteiger partial charge in [-0.1, -0.05) is 6.92 Å². The van der Waals surface area contributed by atoms with Gasteiger partial charge < -0.3 is 14.6 Å². The molecule has 1 rings (SSSR count). The highest BCUT2D eigenvalue weighted by Gasteiger charge is 2.18. The van der Waals surface area contributed by atoms with Crippen LogP contribution in [0, 0.1) is 5.92 Å². The number of ketones is 1. The molecule has 94 valence electrons. The summed E-state index contributed by atoms with van der Waals surface area (Å²) >= 11 is 0. The zero-order valence-corrected chi connectivity index (χ0v) is 10.4. The van der Waals surface area contributed by atoms with Gasteiger partial charge in [-0.2, -0.15) is 0 Å². The number of aliphatic hydroxyl groups is 1. The molecule has 1 atom stereocenters. The van der Waals surface area contributed by atoms with Crippen molar-refractivity contribution in [2.24, 2.45) is 5.92 Å². The van der Waals surface area contributed by atoms with Crippen LogP contribution in [0.1, 0.15) is 23.7 Å². The van der Waals surface area contributed by atoms with Gasteiger partial charge >= 0.3 is 0 Å². The molecular weight excluding hydrogens is 220 g/mol. The van der Waals surface area contributed by atoms with Gasteiger partial charge in [-0.15, -0.1) is 0 Å². The van der Waals surface area contributed by atoms with E-state index in [0.29, 0.717) is 23.5 Å². The molecule has 0 aliphatic carbocycles. The minimum absolute atomic E-state index is 0.0732. The quantitative estimate of drug-likeness (QED) is 0.769. The van der Waals surface area contributed by atoms with E-state index in [4.69, 9.17) is 14.6 Å². The zero-order chi connectivity index (χ0) is 12.8. The molecule has 1 unspecified atom stereocenters. The van der Waals surface area contributed by atoms with E-state index >= 15 is 0 Å². The average molecular weight is 238 g/mol. The third-order valence-electron chi connectivity index (χ3n) is 2.75. The van der Waals surface area contributed by atoms with Gasteiger partial charge in [0.2, 0.25) is 0 Å². The molecule has 0 bridgehead atoms. The topological polar surface area (TPSA) is 55.8 Å². The number of carbonyl (C=O) groups excluding carboxylic acids is 1. The maximum Gasteiger partial charge on any atom is 0.168 e. The summed E-state index contributed by atoms with van der Waals surface area (Å²) in [6, 6.07) is 5.01. The minimum atomic E-state index is -0.354. The van der Waals surface area contributed by atoms with Crippen LogP contribution in [0.3, 0.4) is 0 Å². The van der Waals surface area contributed by atoms with Crippen molar-refractivity contribution in [1.82, 2.24) is 0 Å². The predicted molar refractivity (Wildman–Crippen MR) is 64.7 cm³/mol. The Labute approximate surface area is 101 Å². The number of carbonyl (C=O) groups is 1. The number of hydrogen-bond donors (Lipinski definition) is 1. The first-order valence-corrected chi connectivity index (χ1v) is 5.55. The van der Waals surface area contributed by atoms with E-state index in [1.807, 2.05) is 6.92 Å². The van der Waals surface area contributed by atoms with Gasteiger partial charge in [-0.05, 0) is 24.6 Å². The molecule has 0 amide bonds. The van der Waals surface area contributed by atoms with Crippen molar-refractivity contribution in [3.05, 3.63) is 23.8 Å². The molecule has 0 aliphatic rings. The first-order valence-electron chi connectivity index (χ1n) is 5.55. The fourth-order valence-electron chi connectivity index (χ4n) is 1.62. The van der Waals surface area contributed by atoms with Gasteiger partial charge in [-0.25, -0.2) is 0 Å². The predicted octanol–water partition coefficient (Wildman–Crippen LogP) is 1.90. The molecule has 0 heterocycles. The highest BCUT2D eigenvalue weighted by Crippen LogP contribution is 2.28. The standard InChI is InChI=1S/C13H18O4/c1-4-9(8-14)13(15)10-5-6-11(16-2)12(7-10)17-3/h5-7,9,14H,4,8H2,1-3H3. The molecule has 0 fully saturated rings. The second kappa shape index (κ2) is 6.25. The largest absolute Gasteiger partial charge is 0.493 e. The maximum absolute atomic E-state index is 12.0. The van der Waals surface area contributed by atoms with E-state index in [1.54, 1.807) is 25.3 Å². The van der Waals surface area contributed by atoms with Crippen molar-refractivity contribution < 1.29 is 19.4 Å². The second-order valence-corrected chi connectivity index (χ2v) is 3.72. The Kier molecular flexibility index (Phi) is 4.97. The van der Waals surface area contributed by atoms with E-state index in [2.05, 4.69) is 0 Å². The average Bonchev–Trinajstić information content (AvgIpc) is 2.39. The Hall–Kier alpha value is -1.55. The molecule has 0 aliphatic heterocycles. The van der Waals surface area contributed by atoms with Crippen LogP contribution in [0.2, 0.25) is 0 Å².